The Kier molecular flexibility index (Phi) is 5.06. The third-order valence-electron chi connectivity index (χ3n) is 2.79. The normalized spacial score (nSPS) is 12.0. The van der Waals surface area contributed by atoms with Crippen molar-refractivity contribution in [3.05, 3.63) is 35.8 Å². The third kappa shape index (κ3) is 5.33. The first-order valence-electron chi connectivity index (χ1n) is 6.98. The fraction of sp³-hybridized carbons (Fsp3) is 0.333. The Morgan fingerprint density at radius 3 is 2.39 bits per heavy atom. The van der Waals surface area contributed by atoms with Crippen LogP contribution in [0.15, 0.2) is 40.7 Å². The van der Waals surface area contributed by atoms with E-state index >= 15 is 0 Å². The lowest BCUT2D eigenvalue weighted by atomic mass is 9.92. The number of thiazole rings is 1. The summed E-state index contributed by atoms with van der Waals surface area (Å²) in [6, 6.07) is 6.03. The molecule has 0 unspecified atom stereocenters. The molecule has 1 aromatic carbocycles. The predicted octanol–water partition coefficient (Wildman–Crippen LogP) is 3.32. The Balaban J connectivity index is 2.06. The molecule has 0 bridgehead atoms. The van der Waals surface area contributed by atoms with Gasteiger partial charge in [-0.25, -0.2) is 13.4 Å². The van der Waals surface area contributed by atoms with E-state index < -0.39 is 10.0 Å². The molecule has 0 radical (unpaired) electrons. The molecule has 0 saturated carbocycles. The number of nitrogens with one attached hydrogen (secondary N) is 2. The van der Waals surface area contributed by atoms with Crippen LogP contribution in [-0.2, 0) is 14.8 Å². The number of aromatic nitrogens is 1. The summed E-state index contributed by atoms with van der Waals surface area (Å²) in [4.78, 5) is 15.9. The zero-order valence-corrected chi connectivity index (χ0v) is 14.8. The highest BCUT2D eigenvalue weighted by Gasteiger charge is 2.17. The van der Waals surface area contributed by atoms with Crippen molar-refractivity contribution in [2.24, 2.45) is 5.41 Å². The molecule has 0 fully saturated rings. The SMILES string of the molecule is CC(C)(C)CC(=O)Nc1ccc(S(=O)(=O)Nc2nccs2)cc1. The summed E-state index contributed by atoms with van der Waals surface area (Å²) < 4.78 is 26.8. The van der Waals surface area contributed by atoms with Crippen LogP contribution in [0.2, 0.25) is 0 Å². The molecule has 0 aliphatic heterocycles. The summed E-state index contributed by atoms with van der Waals surface area (Å²) in [5.74, 6) is -0.103. The molecule has 2 aromatic rings. The average Bonchev–Trinajstić information content (AvgIpc) is 2.89. The van der Waals surface area contributed by atoms with Crippen LogP contribution < -0.4 is 10.0 Å². The van der Waals surface area contributed by atoms with Crippen LogP contribution in [0.3, 0.4) is 0 Å². The Labute approximate surface area is 140 Å². The van der Waals surface area contributed by atoms with Gasteiger partial charge in [0.15, 0.2) is 5.13 Å². The molecule has 2 rings (SSSR count). The maximum atomic E-state index is 12.2. The van der Waals surface area contributed by atoms with Gasteiger partial charge < -0.3 is 5.32 Å². The van der Waals surface area contributed by atoms with Gasteiger partial charge in [0.2, 0.25) is 5.91 Å². The van der Waals surface area contributed by atoms with E-state index in [0.29, 0.717) is 17.2 Å². The minimum Gasteiger partial charge on any atom is -0.326 e. The fourth-order valence-corrected chi connectivity index (χ4v) is 3.64. The number of hydrogen-bond acceptors (Lipinski definition) is 5. The first kappa shape index (κ1) is 17.4. The van der Waals surface area contributed by atoms with Gasteiger partial charge >= 0.3 is 0 Å². The van der Waals surface area contributed by atoms with Crippen LogP contribution in [0.5, 0.6) is 0 Å². The molecule has 8 heteroatoms. The van der Waals surface area contributed by atoms with Crippen molar-refractivity contribution < 1.29 is 13.2 Å². The Morgan fingerprint density at radius 1 is 1.22 bits per heavy atom. The molecule has 0 atom stereocenters. The van der Waals surface area contributed by atoms with Crippen LogP contribution in [0.25, 0.3) is 0 Å². The lowest BCUT2D eigenvalue weighted by molar-refractivity contribution is -0.117. The van der Waals surface area contributed by atoms with Gasteiger partial charge in [0.05, 0.1) is 4.90 Å². The molecule has 6 nitrogen and oxygen atoms in total. The van der Waals surface area contributed by atoms with Crippen molar-refractivity contribution in [3.63, 3.8) is 0 Å². The van der Waals surface area contributed by atoms with Gasteiger partial charge in [-0.1, -0.05) is 20.8 Å². The third-order valence-corrected chi connectivity index (χ3v) is 4.97. The van der Waals surface area contributed by atoms with Crippen LogP contribution >= 0.6 is 11.3 Å². The summed E-state index contributed by atoms with van der Waals surface area (Å²) in [5.41, 5.74) is 0.456. The standard InChI is InChI=1S/C15H19N3O3S2/c1-15(2,3)10-13(19)17-11-4-6-12(7-5-11)23(20,21)18-14-16-8-9-22-14/h4-9H,10H2,1-3H3,(H,16,18)(H,17,19). The molecule has 1 heterocycles. The molecule has 23 heavy (non-hydrogen) atoms. The summed E-state index contributed by atoms with van der Waals surface area (Å²) in [6.45, 7) is 5.94. The highest BCUT2D eigenvalue weighted by Crippen LogP contribution is 2.21. The number of carbonyl (C=O) groups excluding carboxylic acids is 1. The zero-order chi connectivity index (χ0) is 17.1. The summed E-state index contributed by atoms with van der Waals surface area (Å²) in [6.07, 6.45) is 1.91. The van der Waals surface area contributed by atoms with Crippen molar-refractivity contribution in [2.75, 3.05) is 10.0 Å². The van der Waals surface area contributed by atoms with Crippen molar-refractivity contribution in [3.8, 4) is 0 Å². The lowest BCUT2D eigenvalue weighted by Gasteiger charge is -2.17. The van der Waals surface area contributed by atoms with E-state index in [1.807, 2.05) is 20.8 Å². The Bertz CT molecular complexity index is 761. The molecule has 0 spiro atoms. The van der Waals surface area contributed by atoms with Crippen molar-refractivity contribution in [1.29, 1.82) is 0 Å². The lowest BCUT2D eigenvalue weighted by Crippen LogP contribution is -2.19. The summed E-state index contributed by atoms with van der Waals surface area (Å²) in [7, 11) is -3.67. The molecule has 124 valence electrons. The second-order valence-electron chi connectivity index (χ2n) is 6.25. The van der Waals surface area contributed by atoms with Gasteiger partial charge in [-0.2, -0.15) is 0 Å². The number of benzene rings is 1. The van der Waals surface area contributed by atoms with E-state index in [1.54, 1.807) is 17.5 Å². The second kappa shape index (κ2) is 6.67. The highest BCUT2D eigenvalue weighted by atomic mass is 32.2. The van der Waals surface area contributed by atoms with E-state index in [0.717, 1.165) is 0 Å². The Hall–Kier alpha value is -1.93. The monoisotopic (exact) mass is 353 g/mol. The van der Waals surface area contributed by atoms with Crippen LogP contribution in [0.1, 0.15) is 27.2 Å². The largest absolute Gasteiger partial charge is 0.326 e. The smallest absolute Gasteiger partial charge is 0.263 e. The Morgan fingerprint density at radius 2 is 1.87 bits per heavy atom. The molecule has 1 amide bonds. The fourth-order valence-electron chi connectivity index (χ4n) is 1.85. The van der Waals surface area contributed by atoms with Gasteiger partial charge in [-0.3, -0.25) is 9.52 Å². The van der Waals surface area contributed by atoms with Crippen LogP contribution in [0, 0.1) is 5.41 Å². The topological polar surface area (TPSA) is 88.2 Å². The molecular formula is C15H19N3O3S2. The van der Waals surface area contributed by atoms with Gasteiger partial charge in [-0.05, 0) is 29.7 Å². The maximum Gasteiger partial charge on any atom is 0.263 e. The molecular weight excluding hydrogens is 334 g/mol. The van der Waals surface area contributed by atoms with Gasteiger partial charge in [-0.15, -0.1) is 11.3 Å². The minimum absolute atomic E-state index is 0.103. The van der Waals surface area contributed by atoms with E-state index in [9.17, 15) is 13.2 Å². The number of nitrogens with zero attached hydrogens (tertiary/aromatic N) is 1. The van der Waals surface area contributed by atoms with Crippen molar-refractivity contribution in [1.82, 2.24) is 4.98 Å². The molecule has 1 aromatic heterocycles. The first-order chi connectivity index (χ1) is 10.7. The first-order valence-corrected chi connectivity index (χ1v) is 9.34. The van der Waals surface area contributed by atoms with E-state index in [2.05, 4.69) is 15.0 Å². The van der Waals surface area contributed by atoms with E-state index in [4.69, 9.17) is 0 Å². The second-order valence-corrected chi connectivity index (χ2v) is 8.83. The number of anilines is 2. The van der Waals surface area contributed by atoms with E-state index in [-0.39, 0.29) is 16.2 Å². The van der Waals surface area contributed by atoms with Crippen LogP contribution in [-0.4, -0.2) is 19.3 Å². The van der Waals surface area contributed by atoms with Gasteiger partial charge in [0, 0.05) is 23.7 Å². The average molecular weight is 353 g/mol. The maximum absolute atomic E-state index is 12.2. The molecule has 2 N–H and O–H groups in total. The molecule has 0 saturated heterocycles. The van der Waals surface area contributed by atoms with Gasteiger partial charge in [0.25, 0.3) is 10.0 Å². The van der Waals surface area contributed by atoms with E-state index in [1.165, 1.54) is 29.7 Å². The van der Waals surface area contributed by atoms with Crippen molar-refractivity contribution in [2.45, 2.75) is 32.1 Å². The quantitative estimate of drug-likeness (QED) is 0.863. The number of sulfonamides is 1. The number of carbonyl (C=O) groups is 1. The van der Waals surface area contributed by atoms with Gasteiger partial charge in [0.1, 0.15) is 0 Å². The number of amides is 1. The predicted molar refractivity (Wildman–Crippen MR) is 92.1 cm³/mol. The minimum atomic E-state index is -3.67. The summed E-state index contributed by atoms with van der Waals surface area (Å²) in [5, 5.41) is 4.76. The number of hydrogen-bond donors (Lipinski definition) is 2. The van der Waals surface area contributed by atoms with Crippen LogP contribution in [0.4, 0.5) is 10.8 Å². The number of rotatable bonds is 5. The zero-order valence-electron chi connectivity index (χ0n) is 13.2. The summed E-state index contributed by atoms with van der Waals surface area (Å²) >= 11 is 1.20. The highest BCUT2D eigenvalue weighted by molar-refractivity contribution is 7.93. The molecule has 0 aliphatic rings. The van der Waals surface area contributed by atoms with Crippen molar-refractivity contribution >= 4 is 38.1 Å². The molecule has 0 aliphatic carbocycles.